The number of hydrogen-bond acceptors (Lipinski definition) is 5. The lowest BCUT2D eigenvalue weighted by atomic mass is 9.97. The molecule has 0 spiro atoms. The fourth-order valence-corrected chi connectivity index (χ4v) is 3.31. The molecule has 2 heterocycles. The van der Waals surface area contributed by atoms with E-state index in [0.717, 1.165) is 36.5 Å². The van der Waals surface area contributed by atoms with Crippen molar-refractivity contribution in [3.05, 3.63) is 40.5 Å². The van der Waals surface area contributed by atoms with E-state index in [2.05, 4.69) is 98.6 Å². The predicted molar refractivity (Wildman–Crippen MR) is 131 cm³/mol. The first-order valence-corrected chi connectivity index (χ1v) is 10.5. The lowest BCUT2D eigenvalue weighted by Crippen LogP contribution is -2.44. The van der Waals surface area contributed by atoms with E-state index in [1.165, 1.54) is 5.69 Å². The second-order valence-electron chi connectivity index (χ2n) is 8.01. The molecule has 1 fully saturated rings. The highest BCUT2D eigenvalue weighted by atomic mass is 127. The van der Waals surface area contributed by atoms with Crippen LogP contribution in [0.3, 0.4) is 0 Å². The number of benzene rings is 1. The summed E-state index contributed by atoms with van der Waals surface area (Å²) in [5.74, 6) is 2.02. The SMILES string of the molecule is CCNC(=NCc1noc(C(C)(C)C)n1)NC1CCN(c2ccc(Br)cc2)C1.I. The molecule has 0 saturated carbocycles. The van der Waals surface area contributed by atoms with Gasteiger partial charge in [0.25, 0.3) is 0 Å². The van der Waals surface area contributed by atoms with Crippen LogP contribution < -0.4 is 15.5 Å². The Bertz CT molecular complexity index is 802. The zero-order valence-electron chi connectivity index (χ0n) is 17.4. The number of rotatable bonds is 5. The first-order valence-electron chi connectivity index (χ1n) is 9.73. The lowest BCUT2D eigenvalue weighted by molar-refractivity contribution is 0.318. The normalized spacial score (nSPS) is 17.2. The van der Waals surface area contributed by atoms with Crippen molar-refractivity contribution in [3.63, 3.8) is 0 Å². The van der Waals surface area contributed by atoms with Gasteiger partial charge in [-0.25, -0.2) is 4.99 Å². The average Bonchev–Trinajstić information content (AvgIpc) is 3.30. The van der Waals surface area contributed by atoms with Gasteiger partial charge in [-0.05, 0) is 37.6 Å². The number of anilines is 1. The van der Waals surface area contributed by atoms with Crippen molar-refractivity contribution in [1.29, 1.82) is 0 Å². The Morgan fingerprint density at radius 3 is 2.66 bits per heavy atom. The summed E-state index contributed by atoms with van der Waals surface area (Å²) < 4.78 is 6.44. The third-order valence-electron chi connectivity index (χ3n) is 4.55. The molecular weight excluding hydrogens is 547 g/mol. The summed E-state index contributed by atoms with van der Waals surface area (Å²) in [6, 6.07) is 8.80. The van der Waals surface area contributed by atoms with Gasteiger partial charge in [0.15, 0.2) is 11.8 Å². The highest BCUT2D eigenvalue weighted by Gasteiger charge is 2.24. The smallest absolute Gasteiger partial charge is 0.232 e. The first-order chi connectivity index (χ1) is 13.3. The maximum absolute atomic E-state index is 5.35. The molecule has 1 saturated heterocycles. The predicted octanol–water partition coefficient (Wildman–Crippen LogP) is 4.08. The number of aromatic nitrogens is 2. The standard InChI is InChI=1S/C20H29BrN6O.HI/c1-5-22-19(23-12-17-25-18(28-26-17)20(2,3)4)24-15-10-11-27(13-15)16-8-6-14(21)7-9-16;/h6-9,15H,5,10-13H2,1-4H3,(H2,22,23,24);1H. The molecule has 9 heteroatoms. The van der Waals surface area contributed by atoms with E-state index in [0.29, 0.717) is 24.3 Å². The van der Waals surface area contributed by atoms with Crippen molar-refractivity contribution in [2.24, 2.45) is 4.99 Å². The molecule has 3 rings (SSSR count). The maximum atomic E-state index is 5.35. The molecule has 0 aliphatic carbocycles. The van der Waals surface area contributed by atoms with Crippen LogP contribution in [0.2, 0.25) is 0 Å². The van der Waals surface area contributed by atoms with Crippen LogP contribution in [0.5, 0.6) is 0 Å². The zero-order valence-corrected chi connectivity index (χ0v) is 21.3. The molecule has 1 aromatic carbocycles. The molecule has 1 aromatic heterocycles. The third-order valence-corrected chi connectivity index (χ3v) is 5.08. The van der Waals surface area contributed by atoms with Crippen molar-refractivity contribution in [1.82, 2.24) is 20.8 Å². The van der Waals surface area contributed by atoms with Gasteiger partial charge in [0.1, 0.15) is 6.54 Å². The van der Waals surface area contributed by atoms with Gasteiger partial charge in [0, 0.05) is 41.3 Å². The fraction of sp³-hybridized carbons (Fsp3) is 0.550. The molecular formula is C20H30BrIN6O. The van der Waals surface area contributed by atoms with Crippen molar-refractivity contribution < 1.29 is 4.52 Å². The van der Waals surface area contributed by atoms with Crippen LogP contribution in [0.15, 0.2) is 38.3 Å². The molecule has 0 radical (unpaired) electrons. The van der Waals surface area contributed by atoms with Gasteiger partial charge < -0.3 is 20.1 Å². The van der Waals surface area contributed by atoms with E-state index in [4.69, 9.17) is 4.52 Å². The van der Waals surface area contributed by atoms with E-state index < -0.39 is 0 Å². The Labute approximate surface area is 198 Å². The summed E-state index contributed by atoms with van der Waals surface area (Å²) in [4.78, 5) is 11.5. The Morgan fingerprint density at radius 2 is 2.03 bits per heavy atom. The topological polar surface area (TPSA) is 78.6 Å². The molecule has 1 atom stereocenters. The fourth-order valence-electron chi connectivity index (χ4n) is 3.05. The molecule has 0 bridgehead atoms. The Morgan fingerprint density at radius 1 is 1.31 bits per heavy atom. The van der Waals surface area contributed by atoms with Gasteiger partial charge in [0.2, 0.25) is 5.89 Å². The second kappa shape index (κ2) is 10.6. The van der Waals surface area contributed by atoms with Crippen molar-refractivity contribution >= 4 is 51.6 Å². The molecule has 1 aliphatic rings. The summed E-state index contributed by atoms with van der Waals surface area (Å²) in [6.45, 7) is 11.4. The summed E-state index contributed by atoms with van der Waals surface area (Å²) in [7, 11) is 0. The number of nitrogens with zero attached hydrogens (tertiary/aromatic N) is 4. The first kappa shape index (κ1) is 23.9. The monoisotopic (exact) mass is 576 g/mol. The number of aliphatic imine (C=N–C) groups is 1. The van der Waals surface area contributed by atoms with Crippen molar-refractivity contribution in [3.8, 4) is 0 Å². The van der Waals surface area contributed by atoms with Gasteiger partial charge in [-0.1, -0.05) is 41.9 Å². The van der Waals surface area contributed by atoms with E-state index in [1.54, 1.807) is 0 Å². The van der Waals surface area contributed by atoms with Gasteiger partial charge in [-0.2, -0.15) is 4.98 Å². The van der Waals surface area contributed by atoms with E-state index in [-0.39, 0.29) is 29.4 Å². The van der Waals surface area contributed by atoms with Gasteiger partial charge in [0.05, 0.1) is 0 Å². The molecule has 1 aliphatic heterocycles. The van der Waals surface area contributed by atoms with Gasteiger partial charge in [-0.15, -0.1) is 24.0 Å². The van der Waals surface area contributed by atoms with E-state index in [1.807, 2.05) is 0 Å². The quantitative estimate of drug-likeness (QED) is 0.317. The average molecular weight is 577 g/mol. The molecule has 7 nitrogen and oxygen atoms in total. The van der Waals surface area contributed by atoms with Crippen LogP contribution in [0.4, 0.5) is 5.69 Å². The van der Waals surface area contributed by atoms with Crippen LogP contribution in [-0.4, -0.2) is 41.8 Å². The van der Waals surface area contributed by atoms with Crippen LogP contribution in [0, 0.1) is 0 Å². The van der Waals surface area contributed by atoms with E-state index in [9.17, 15) is 0 Å². The molecule has 0 amide bonds. The molecule has 1 unspecified atom stereocenters. The minimum atomic E-state index is -0.155. The van der Waals surface area contributed by atoms with Crippen molar-refractivity contribution in [2.75, 3.05) is 24.5 Å². The summed E-state index contributed by atoms with van der Waals surface area (Å²) in [6.07, 6.45) is 1.07. The summed E-state index contributed by atoms with van der Waals surface area (Å²) >= 11 is 3.49. The molecule has 160 valence electrons. The summed E-state index contributed by atoms with van der Waals surface area (Å²) in [5.41, 5.74) is 1.09. The number of halogens is 2. The Hall–Kier alpha value is -1.36. The van der Waals surface area contributed by atoms with Crippen molar-refractivity contribution in [2.45, 2.75) is 52.1 Å². The molecule has 2 aromatic rings. The van der Waals surface area contributed by atoms with E-state index >= 15 is 0 Å². The minimum absolute atomic E-state index is 0. The third kappa shape index (κ3) is 6.84. The Balaban J connectivity index is 0.00000300. The van der Waals surface area contributed by atoms with Crippen LogP contribution in [0.1, 0.15) is 45.8 Å². The van der Waals surface area contributed by atoms with Gasteiger partial charge >= 0.3 is 0 Å². The highest BCUT2D eigenvalue weighted by molar-refractivity contribution is 14.0. The van der Waals surface area contributed by atoms with Crippen LogP contribution in [-0.2, 0) is 12.0 Å². The van der Waals surface area contributed by atoms with Gasteiger partial charge in [-0.3, -0.25) is 0 Å². The number of guanidine groups is 1. The zero-order chi connectivity index (χ0) is 20.1. The largest absolute Gasteiger partial charge is 0.369 e. The number of nitrogens with one attached hydrogen (secondary N) is 2. The highest BCUT2D eigenvalue weighted by Crippen LogP contribution is 2.23. The number of hydrogen-bond donors (Lipinski definition) is 2. The minimum Gasteiger partial charge on any atom is -0.369 e. The van der Waals surface area contributed by atoms with Crippen LogP contribution >= 0.6 is 39.9 Å². The lowest BCUT2D eigenvalue weighted by Gasteiger charge is -2.20. The van der Waals surface area contributed by atoms with Crippen LogP contribution in [0.25, 0.3) is 0 Å². The molecule has 2 N–H and O–H groups in total. The maximum Gasteiger partial charge on any atom is 0.232 e. The molecule has 29 heavy (non-hydrogen) atoms. The second-order valence-corrected chi connectivity index (χ2v) is 8.93. The Kier molecular flexibility index (Phi) is 8.74. The summed E-state index contributed by atoms with van der Waals surface area (Å²) in [5, 5.41) is 10.9.